The Bertz CT molecular complexity index is 159. The van der Waals surface area contributed by atoms with Gasteiger partial charge in [-0.1, -0.05) is 13.8 Å². The number of carbonyl (C=O) groups excluding carboxylic acids is 1. The van der Waals surface area contributed by atoms with Crippen LogP contribution < -0.4 is 5.32 Å². The monoisotopic (exact) mass is 169 g/mol. The quantitative estimate of drug-likeness (QED) is 0.692. The van der Waals surface area contributed by atoms with E-state index in [-0.39, 0.29) is 5.78 Å². The molecule has 2 nitrogen and oxygen atoms in total. The summed E-state index contributed by atoms with van der Waals surface area (Å²) in [4.78, 5) is 10.6. The van der Waals surface area contributed by atoms with Crippen molar-refractivity contribution in [2.75, 3.05) is 6.54 Å². The summed E-state index contributed by atoms with van der Waals surface area (Å²) in [6, 6.07) is 0.612. The molecule has 70 valence electrons. The van der Waals surface area contributed by atoms with Gasteiger partial charge in [0.2, 0.25) is 0 Å². The molecule has 0 heterocycles. The van der Waals surface area contributed by atoms with E-state index in [1.165, 1.54) is 12.8 Å². The number of hydrogen-bond donors (Lipinski definition) is 1. The predicted molar refractivity (Wildman–Crippen MR) is 50.0 cm³/mol. The first-order chi connectivity index (χ1) is 5.59. The Labute approximate surface area is 74.7 Å². The van der Waals surface area contributed by atoms with Crippen LogP contribution in [0.2, 0.25) is 0 Å². The van der Waals surface area contributed by atoms with Crippen LogP contribution in [0.1, 0.15) is 33.6 Å². The Balaban J connectivity index is 2.06. The van der Waals surface area contributed by atoms with E-state index in [9.17, 15) is 4.79 Å². The van der Waals surface area contributed by atoms with Gasteiger partial charge in [-0.3, -0.25) is 4.79 Å². The van der Waals surface area contributed by atoms with Crippen LogP contribution in [0, 0.1) is 11.8 Å². The van der Waals surface area contributed by atoms with Crippen molar-refractivity contribution in [2.24, 2.45) is 11.8 Å². The van der Waals surface area contributed by atoms with Crippen molar-refractivity contribution in [2.45, 2.75) is 39.7 Å². The van der Waals surface area contributed by atoms with E-state index in [4.69, 9.17) is 0 Å². The molecular weight excluding hydrogens is 150 g/mol. The van der Waals surface area contributed by atoms with E-state index >= 15 is 0 Å². The van der Waals surface area contributed by atoms with Gasteiger partial charge in [-0.15, -0.1) is 0 Å². The van der Waals surface area contributed by atoms with E-state index < -0.39 is 0 Å². The molecule has 1 N–H and O–H groups in total. The van der Waals surface area contributed by atoms with Crippen LogP contribution in [-0.2, 0) is 4.79 Å². The van der Waals surface area contributed by atoms with Crippen LogP contribution in [0.4, 0.5) is 0 Å². The topological polar surface area (TPSA) is 29.1 Å². The lowest BCUT2D eigenvalue weighted by Crippen LogP contribution is -2.44. The zero-order chi connectivity index (χ0) is 9.14. The fraction of sp³-hybridized carbons (Fsp3) is 0.900. The first-order valence-corrected chi connectivity index (χ1v) is 4.82. The minimum absolute atomic E-state index is 0.239. The molecular formula is C10H19NO. The van der Waals surface area contributed by atoms with E-state index in [0.717, 1.165) is 11.8 Å². The number of rotatable bonds is 4. The number of carbonyl (C=O) groups is 1. The van der Waals surface area contributed by atoms with Gasteiger partial charge in [-0.2, -0.15) is 0 Å². The van der Waals surface area contributed by atoms with E-state index in [1.807, 2.05) is 0 Å². The Morgan fingerprint density at radius 1 is 1.50 bits per heavy atom. The maximum atomic E-state index is 10.6. The van der Waals surface area contributed by atoms with Crippen LogP contribution in [0.25, 0.3) is 0 Å². The first kappa shape index (κ1) is 9.72. The van der Waals surface area contributed by atoms with E-state index in [2.05, 4.69) is 19.2 Å². The van der Waals surface area contributed by atoms with Crippen molar-refractivity contribution in [3.8, 4) is 0 Å². The molecule has 0 saturated heterocycles. The number of Topliss-reactive ketones (excluding diaryl/α,β-unsaturated/α-hetero) is 1. The molecule has 0 amide bonds. The molecule has 0 radical (unpaired) electrons. The SMILES string of the molecule is CC(=O)CNC1CC(C(C)C)C1. The van der Waals surface area contributed by atoms with Crippen LogP contribution in [0.15, 0.2) is 0 Å². The van der Waals surface area contributed by atoms with Gasteiger partial charge >= 0.3 is 0 Å². The molecule has 1 rings (SSSR count). The van der Waals surface area contributed by atoms with Gasteiger partial charge in [0.15, 0.2) is 0 Å². The highest BCUT2D eigenvalue weighted by atomic mass is 16.1. The van der Waals surface area contributed by atoms with Crippen LogP contribution in [0.3, 0.4) is 0 Å². The molecule has 0 aromatic heterocycles. The third-order valence-electron chi connectivity index (χ3n) is 2.76. The zero-order valence-corrected chi connectivity index (χ0v) is 8.26. The van der Waals surface area contributed by atoms with Crippen molar-refractivity contribution in [1.29, 1.82) is 0 Å². The predicted octanol–water partition coefficient (Wildman–Crippen LogP) is 1.60. The molecule has 12 heavy (non-hydrogen) atoms. The second kappa shape index (κ2) is 4.04. The Morgan fingerprint density at radius 3 is 2.50 bits per heavy atom. The number of ketones is 1. The van der Waals surface area contributed by atoms with Gasteiger partial charge in [0.05, 0.1) is 6.54 Å². The second-order valence-electron chi connectivity index (χ2n) is 4.26. The third-order valence-corrected chi connectivity index (χ3v) is 2.76. The lowest BCUT2D eigenvalue weighted by Gasteiger charge is -2.38. The standard InChI is InChI=1S/C10H19NO/c1-7(2)9-4-10(5-9)11-6-8(3)12/h7,9-11H,4-6H2,1-3H3. The van der Waals surface area contributed by atoms with Gasteiger partial charge in [0, 0.05) is 6.04 Å². The summed E-state index contributed by atoms with van der Waals surface area (Å²) >= 11 is 0. The fourth-order valence-electron chi connectivity index (χ4n) is 1.66. The highest BCUT2D eigenvalue weighted by Gasteiger charge is 2.30. The van der Waals surface area contributed by atoms with Gasteiger partial charge in [-0.25, -0.2) is 0 Å². The Hall–Kier alpha value is -0.370. The van der Waals surface area contributed by atoms with Crippen molar-refractivity contribution >= 4 is 5.78 Å². The Kier molecular flexibility index (Phi) is 3.27. The molecule has 0 aromatic carbocycles. The lowest BCUT2D eigenvalue weighted by atomic mass is 9.74. The molecule has 1 aliphatic carbocycles. The third kappa shape index (κ3) is 2.59. The average molecular weight is 169 g/mol. The number of hydrogen-bond acceptors (Lipinski definition) is 2. The maximum absolute atomic E-state index is 10.6. The van der Waals surface area contributed by atoms with Crippen molar-refractivity contribution < 1.29 is 4.79 Å². The highest BCUT2D eigenvalue weighted by Crippen LogP contribution is 2.33. The van der Waals surface area contributed by atoms with Crippen LogP contribution >= 0.6 is 0 Å². The normalized spacial score (nSPS) is 28.7. The van der Waals surface area contributed by atoms with Gasteiger partial charge < -0.3 is 5.32 Å². The minimum atomic E-state index is 0.239. The first-order valence-electron chi connectivity index (χ1n) is 4.82. The van der Waals surface area contributed by atoms with Crippen molar-refractivity contribution in [1.82, 2.24) is 5.32 Å². The molecule has 1 saturated carbocycles. The molecule has 0 unspecified atom stereocenters. The summed E-state index contributed by atoms with van der Waals surface area (Å²) in [7, 11) is 0. The molecule has 1 fully saturated rings. The highest BCUT2D eigenvalue weighted by molar-refractivity contribution is 5.77. The van der Waals surface area contributed by atoms with Gasteiger partial charge in [0.25, 0.3) is 0 Å². The molecule has 0 aromatic rings. The minimum Gasteiger partial charge on any atom is -0.307 e. The fourth-order valence-corrected chi connectivity index (χ4v) is 1.66. The van der Waals surface area contributed by atoms with Gasteiger partial charge in [0.1, 0.15) is 5.78 Å². The van der Waals surface area contributed by atoms with Gasteiger partial charge in [-0.05, 0) is 31.6 Å². The van der Waals surface area contributed by atoms with Crippen molar-refractivity contribution in [3.63, 3.8) is 0 Å². The molecule has 2 heteroatoms. The largest absolute Gasteiger partial charge is 0.307 e. The Morgan fingerprint density at radius 2 is 2.08 bits per heavy atom. The summed E-state index contributed by atoms with van der Waals surface area (Å²) in [5.41, 5.74) is 0. The molecule has 0 bridgehead atoms. The molecule has 0 atom stereocenters. The lowest BCUT2D eigenvalue weighted by molar-refractivity contribution is -0.116. The summed E-state index contributed by atoms with van der Waals surface area (Å²) in [5.74, 6) is 1.93. The maximum Gasteiger partial charge on any atom is 0.143 e. The second-order valence-corrected chi connectivity index (χ2v) is 4.26. The van der Waals surface area contributed by atoms with Crippen LogP contribution in [-0.4, -0.2) is 18.4 Å². The molecule has 0 spiro atoms. The van der Waals surface area contributed by atoms with E-state index in [0.29, 0.717) is 12.6 Å². The molecule has 1 aliphatic rings. The smallest absolute Gasteiger partial charge is 0.143 e. The average Bonchev–Trinajstić information content (AvgIpc) is 1.82. The summed E-state index contributed by atoms with van der Waals surface area (Å²) in [6.45, 7) is 6.72. The summed E-state index contributed by atoms with van der Waals surface area (Å²) in [5, 5.41) is 3.25. The zero-order valence-electron chi connectivity index (χ0n) is 8.26. The molecule has 0 aliphatic heterocycles. The number of nitrogens with one attached hydrogen (secondary N) is 1. The van der Waals surface area contributed by atoms with Crippen molar-refractivity contribution in [3.05, 3.63) is 0 Å². The summed E-state index contributed by atoms with van der Waals surface area (Å²) in [6.07, 6.45) is 2.51. The van der Waals surface area contributed by atoms with E-state index in [1.54, 1.807) is 6.92 Å². The summed E-state index contributed by atoms with van der Waals surface area (Å²) < 4.78 is 0. The van der Waals surface area contributed by atoms with Crippen LogP contribution in [0.5, 0.6) is 0 Å².